The van der Waals surface area contributed by atoms with Crippen LogP contribution in [0.4, 0.5) is 0 Å². The summed E-state index contributed by atoms with van der Waals surface area (Å²) in [5, 5.41) is 0. The molecule has 0 heterocycles. The summed E-state index contributed by atoms with van der Waals surface area (Å²) < 4.78 is 23.4. The average molecular weight is 264 g/mol. The van der Waals surface area contributed by atoms with Crippen molar-refractivity contribution in [1.29, 1.82) is 0 Å². The fraction of sp³-hybridized carbons (Fsp3) is 1.00. The Kier molecular flexibility index (Phi) is 11.4. The van der Waals surface area contributed by atoms with Crippen molar-refractivity contribution >= 4 is 7.60 Å². The van der Waals surface area contributed by atoms with Gasteiger partial charge in [0.2, 0.25) is 0 Å². The molecule has 0 saturated heterocycles. The first-order valence-electron chi connectivity index (χ1n) is 7.06. The average Bonchev–Trinajstić information content (AvgIpc) is 2.30. The van der Waals surface area contributed by atoms with Gasteiger partial charge >= 0.3 is 7.60 Å². The molecular formula is C13H29O3P. The topological polar surface area (TPSA) is 35.5 Å². The molecule has 4 heteroatoms. The van der Waals surface area contributed by atoms with Crippen LogP contribution in [-0.4, -0.2) is 19.4 Å². The third-order valence-electron chi connectivity index (χ3n) is 2.61. The lowest BCUT2D eigenvalue weighted by atomic mass is 10.3. The van der Waals surface area contributed by atoms with E-state index in [0.717, 1.165) is 44.9 Å². The van der Waals surface area contributed by atoms with Gasteiger partial charge in [0.25, 0.3) is 0 Å². The summed E-state index contributed by atoms with van der Waals surface area (Å²) in [6.45, 7) is 7.46. The molecule has 0 spiro atoms. The van der Waals surface area contributed by atoms with Crippen LogP contribution in [0, 0.1) is 0 Å². The maximum absolute atomic E-state index is 12.4. The lowest BCUT2D eigenvalue weighted by Gasteiger charge is -2.18. The quantitative estimate of drug-likeness (QED) is 0.367. The van der Waals surface area contributed by atoms with E-state index in [4.69, 9.17) is 9.05 Å². The van der Waals surface area contributed by atoms with Crippen LogP contribution >= 0.6 is 7.60 Å². The highest BCUT2D eigenvalue weighted by Gasteiger charge is 2.23. The Labute approximate surface area is 107 Å². The fourth-order valence-corrected chi connectivity index (χ4v) is 3.18. The van der Waals surface area contributed by atoms with Crippen LogP contribution in [0.25, 0.3) is 0 Å². The molecule has 0 aromatic rings. The van der Waals surface area contributed by atoms with Crippen LogP contribution in [0.1, 0.15) is 65.7 Å². The Hall–Kier alpha value is 0.150. The minimum Gasteiger partial charge on any atom is -0.309 e. The molecule has 0 radical (unpaired) electrons. The van der Waals surface area contributed by atoms with Crippen molar-refractivity contribution < 1.29 is 13.6 Å². The first-order chi connectivity index (χ1) is 8.18. The summed E-state index contributed by atoms with van der Waals surface area (Å²) in [5.41, 5.74) is 0. The molecule has 0 rings (SSSR count). The van der Waals surface area contributed by atoms with Gasteiger partial charge in [-0.2, -0.15) is 0 Å². The minimum atomic E-state index is -2.81. The van der Waals surface area contributed by atoms with E-state index in [1.54, 1.807) is 0 Å². The molecule has 17 heavy (non-hydrogen) atoms. The van der Waals surface area contributed by atoms with Crippen molar-refractivity contribution in [2.75, 3.05) is 19.4 Å². The molecule has 0 aliphatic carbocycles. The van der Waals surface area contributed by atoms with E-state index in [9.17, 15) is 4.57 Å². The zero-order chi connectivity index (χ0) is 13.0. The normalized spacial score (nSPS) is 11.9. The van der Waals surface area contributed by atoms with Gasteiger partial charge < -0.3 is 9.05 Å². The first-order valence-corrected chi connectivity index (χ1v) is 8.79. The van der Waals surface area contributed by atoms with Gasteiger partial charge in [0.05, 0.1) is 19.4 Å². The van der Waals surface area contributed by atoms with E-state index in [1.165, 1.54) is 0 Å². The molecule has 0 fully saturated rings. The van der Waals surface area contributed by atoms with Crippen LogP contribution in [0.15, 0.2) is 0 Å². The van der Waals surface area contributed by atoms with Gasteiger partial charge in [0.15, 0.2) is 0 Å². The molecule has 0 atom stereocenters. The second-order valence-corrected chi connectivity index (χ2v) is 6.60. The summed E-state index contributed by atoms with van der Waals surface area (Å²) in [7, 11) is -2.81. The Balaban J connectivity index is 4.00. The molecule has 0 saturated carbocycles. The van der Waals surface area contributed by atoms with Gasteiger partial charge in [-0.05, 0) is 19.3 Å². The standard InChI is InChI=1S/C13H29O3P/c1-4-7-10-13-17(14,15-11-8-5-2)16-12-9-6-3/h4-13H2,1-3H3. The predicted octanol–water partition coefficient (Wildman–Crippen LogP) is 5.00. The Morgan fingerprint density at radius 2 is 1.24 bits per heavy atom. The van der Waals surface area contributed by atoms with Crippen molar-refractivity contribution in [2.24, 2.45) is 0 Å². The van der Waals surface area contributed by atoms with Crippen molar-refractivity contribution in [3.05, 3.63) is 0 Å². The van der Waals surface area contributed by atoms with Gasteiger partial charge in [-0.15, -0.1) is 0 Å². The van der Waals surface area contributed by atoms with Gasteiger partial charge in [0, 0.05) is 0 Å². The van der Waals surface area contributed by atoms with Crippen LogP contribution < -0.4 is 0 Å². The van der Waals surface area contributed by atoms with E-state index < -0.39 is 7.60 Å². The number of unbranched alkanes of at least 4 members (excludes halogenated alkanes) is 4. The fourth-order valence-electron chi connectivity index (χ4n) is 1.42. The first kappa shape index (κ1) is 17.2. The highest BCUT2D eigenvalue weighted by Crippen LogP contribution is 2.49. The Morgan fingerprint density at radius 1 is 0.765 bits per heavy atom. The van der Waals surface area contributed by atoms with Gasteiger partial charge in [-0.25, -0.2) is 0 Å². The lowest BCUT2D eigenvalue weighted by Crippen LogP contribution is -2.03. The van der Waals surface area contributed by atoms with Crippen LogP contribution in [-0.2, 0) is 13.6 Å². The SMILES string of the molecule is CCCCCP(=O)(OCCCC)OCCCC. The summed E-state index contributed by atoms with van der Waals surface area (Å²) in [4.78, 5) is 0. The summed E-state index contributed by atoms with van der Waals surface area (Å²) >= 11 is 0. The van der Waals surface area contributed by atoms with Crippen molar-refractivity contribution in [3.63, 3.8) is 0 Å². The minimum absolute atomic E-state index is 0.562. The lowest BCUT2D eigenvalue weighted by molar-refractivity contribution is 0.199. The molecule has 0 aromatic carbocycles. The van der Waals surface area contributed by atoms with E-state index in [1.807, 2.05) is 0 Å². The second kappa shape index (κ2) is 11.3. The number of hydrogen-bond acceptors (Lipinski definition) is 3. The van der Waals surface area contributed by atoms with E-state index in [2.05, 4.69) is 20.8 Å². The third-order valence-corrected chi connectivity index (χ3v) is 4.62. The maximum atomic E-state index is 12.4. The Bertz CT molecular complexity index is 174. The monoisotopic (exact) mass is 264 g/mol. The molecule has 0 unspecified atom stereocenters. The highest BCUT2D eigenvalue weighted by molar-refractivity contribution is 7.53. The van der Waals surface area contributed by atoms with E-state index >= 15 is 0 Å². The number of hydrogen-bond donors (Lipinski definition) is 0. The van der Waals surface area contributed by atoms with Crippen LogP contribution in [0.5, 0.6) is 0 Å². The summed E-state index contributed by atoms with van der Waals surface area (Å²) in [5.74, 6) is 0. The highest BCUT2D eigenvalue weighted by atomic mass is 31.2. The Morgan fingerprint density at radius 3 is 1.65 bits per heavy atom. The zero-order valence-corrected chi connectivity index (χ0v) is 12.6. The van der Waals surface area contributed by atoms with E-state index in [0.29, 0.717) is 19.4 Å². The van der Waals surface area contributed by atoms with Gasteiger partial charge in [-0.3, -0.25) is 4.57 Å². The van der Waals surface area contributed by atoms with Crippen molar-refractivity contribution in [3.8, 4) is 0 Å². The second-order valence-electron chi connectivity index (χ2n) is 4.42. The molecule has 3 nitrogen and oxygen atoms in total. The number of rotatable bonds is 12. The summed E-state index contributed by atoms with van der Waals surface area (Å²) in [6, 6.07) is 0. The van der Waals surface area contributed by atoms with Crippen molar-refractivity contribution in [1.82, 2.24) is 0 Å². The van der Waals surface area contributed by atoms with E-state index in [-0.39, 0.29) is 0 Å². The molecule has 0 aromatic heterocycles. The maximum Gasteiger partial charge on any atom is 0.330 e. The molecule has 0 aliphatic rings. The van der Waals surface area contributed by atoms with Gasteiger partial charge in [-0.1, -0.05) is 46.5 Å². The zero-order valence-electron chi connectivity index (χ0n) is 11.7. The van der Waals surface area contributed by atoms with Crippen molar-refractivity contribution in [2.45, 2.75) is 65.7 Å². The summed E-state index contributed by atoms with van der Waals surface area (Å²) in [6.07, 6.45) is 7.76. The molecule has 0 N–H and O–H groups in total. The molecular weight excluding hydrogens is 235 g/mol. The third kappa shape index (κ3) is 9.82. The molecule has 104 valence electrons. The van der Waals surface area contributed by atoms with Crippen LogP contribution in [0.2, 0.25) is 0 Å². The van der Waals surface area contributed by atoms with Crippen LogP contribution in [0.3, 0.4) is 0 Å². The largest absolute Gasteiger partial charge is 0.330 e. The van der Waals surface area contributed by atoms with Gasteiger partial charge in [0.1, 0.15) is 0 Å². The molecule has 0 bridgehead atoms. The predicted molar refractivity (Wildman–Crippen MR) is 73.7 cm³/mol. The smallest absolute Gasteiger partial charge is 0.309 e. The molecule has 0 amide bonds. The molecule has 0 aliphatic heterocycles.